The van der Waals surface area contributed by atoms with Crippen LogP contribution in [0, 0.1) is 0 Å². The van der Waals surface area contributed by atoms with Gasteiger partial charge in [0.25, 0.3) is 0 Å². The second-order valence-electron chi connectivity index (χ2n) is 7.15. The molecule has 0 spiro atoms. The van der Waals surface area contributed by atoms with Crippen molar-refractivity contribution in [2.45, 2.75) is 19.4 Å². The molecule has 29 heavy (non-hydrogen) atoms. The van der Waals surface area contributed by atoms with Crippen LogP contribution in [0.4, 0.5) is 11.5 Å². The van der Waals surface area contributed by atoms with E-state index in [0.29, 0.717) is 19.4 Å². The van der Waals surface area contributed by atoms with Gasteiger partial charge in [0.05, 0.1) is 12.8 Å². The zero-order chi connectivity index (χ0) is 20.1. The average molecular weight is 387 g/mol. The highest BCUT2D eigenvalue weighted by molar-refractivity contribution is 5.97. The van der Waals surface area contributed by atoms with E-state index in [1.165, 1.54) is 5.56 Å². The number of rotatable bonds is 6. The molecule has 4 rings (SSSR count). The van der Waals surface area contributed by atoms with E-state index in [1.54, 1.807) is 13.3 Å². The molecule has 0 bridgehead atoms. The third-order valence-electron chi connectivity index (χ3n) is 5.25. The molecule has 0 atom stereocenters. The number of benzene rings is 2. The normalized spacial score (nSPS) is 13.1. The number of aryl methyl sites for hydroxylation is 1. The van der Waals surface area contributed by atoms with E-state index in [4.69, 9.17) is 4.74 Å². The first kappa shape index (κ1) is 19.0. The first-order valence-corrected chi connectivity index (χ1v) is 9.92. The van der Waals surface area contributed by atoms with E-state index in [9.17, 15) is 4.79 Å². The van der Waals surface area contributed by atoms with E-state index in [1.807, 2.05) is 59.5 Å². The third-order valence-corrected chi connectivity index (χ3v) is 5.25. The smallest absolute Gasteiger partial charge is 0.227 e. The molecule has 0 saturated heterocycles. The minimum Gasteiger partial charge on any atom is -0.497 e. The largest absolute Gasteiger partial charge is 0.497 e. The van der Waals surface area contributed by atoms with Gasteiger partial charge in [-0.1, -0.05) is 42.5 Å². The summed E-state index contributed by atoms with van der Waals surface area (Å²) in [6.07, 6.45) is 2.98. The Morgan fingerprint density at radius 3 is 2.52 bits per heavy atom. The monoisotopic (exact) mass is 387 g/mol. The zero-order valence-electron chi connectivity index (χ0n) is 16.6. The number of methoxy groups -OCH3 is 1. The van der Waals surface area contributed by atoms with Crippen molar-refractivity contribution in [2.75, 3.05) is 30.0 Å². The number of carbonyl (C=O) groups is 1. The molecule has 5 heteroatoms. The highest BCUT2D eigenvalue weighted by atomic mass is 16.5. The lowest BCUT2D eigenvalue weighted by molar-refractivity contribution is -0.118. The molecule has 1 aliphatic rings. The molecular weight excluding hydrogens is 362 g/mol. The van der Waals surface area contributed by atoms with Crippen molar-refractivity contribution in [3.63, 3.8) is 0 Å². The summed E-state index contributed by atoms with van der Waals surface area (Å²) in [6.45, 7) is 2.24. The summed E-state index contributed by atoms with van der Waals surface area (Å²) >= 11 is 0. The number of hydrogen-bond donors (Lipinski definition) is 0. The van der Waals surface area contributed by atoms with Crippen molar-refractivity contribution in [2.24, 2.45) is 0 Å². The Morgan fingerprint density at radius 2 is 1.76 bits per heavy atom. The van der Waals surface area contributed by atoms with Crippen LogP contribution < -0.4 is 14.5 Å². The van der Waals surface area contributed by atoms with Gasteiger partial charge in [0.15, 0.2) is 5.82 Å². The topological polar surface area (TPSA) is 45.7 Å². The quantitative estimate of drug-likeness (QED) is 0.639. The minimum atomic E-state index is 0.134. The van der Waals surface area contributed by atoms with Gasteiger partial charge in [-0.15, -0.1) is 0 Å². The second kappa shape index (κ2) is 8.78. The molecule has 3 aromatic rings. The Balaban J connectivity index is 1.46. The van der Waals surface area contributed by atoms with Crippen molar-refractivity contribution >= 4 is 17.4 Å². The lowest BCUT2D eigenvalue weighted by atomic mass is 10.1. The van der Waals surface area contributed by atoms with E-state index in [2.05, 4.69) is 22.0 Å². The number of anilines is 2. The van der Waals surface area contributed by atoms with E-state index in [0.717, 1.165) is 35.9 Å². The Bertz CT molecular complexity index is 957. The van der Waals surface area contributed by atoms with Crippen LogP contribution in [0.2, 0.25) is 0 Å². The summed E-state index contributed by atoms with van der Waals surface area (Å²) in [5.74, 6) is 1.84. The summed E-state index contributed by atoms with van der Waals surface area (Å²) in [5, 5.41) is 0. The standard InChI is InChI=1S/C24H25N3O2/c1-29-21-12-9-19(10-13-21)11-14-23(28)27-17-16-26(18-20-6-3-2-4-7-20)24-22(27)8-5-15-25-24/h2-10,12-13,15H,11,14,16-18H2,1H3. The van der Waals surface area contributed by atoms with Gasteiger partial charge in [0.1, 0.15) is 5.75 Å². The molecular formula is C24H25N3O2. The van der Waals surface area contributed by atoms with Gasteiger partial charge >= 0.3 is 0 Å². The summed E-state index contributed by atoms with van der Waals surface area (Å²) in [6, 6.07) is 22.1. The molecule has 1 amide bonds. The van der Waals surface area contributed by atoms with Crippen LogP contribution in [0.25, 0.3) is 0 Å². The van der Waals surface area contributed by atoms with Gasteiger partial charge in [-0.25, -0.2) is 4.98 Å². The number of amides is 1. The average Bonchev–Trinajstić information content (AvgIpc) is 2.79. The third kappa shape index (κ3) is 4.40. The van der Waals surface area contributed by atoms with Gasteiger partial charge in [-0.3, -0.25) is 4.79 Å². The van der Waals surface area contributed by atoms with Crippen LogP contribution >= 0.6 is 0 Å². The van der Waals surface area contributed by atoms with Crippen LogP contribution in [0.3, 0.4) is 0 Å². The predicted molar refractivity (Wildman–Crippen MR) is 115 cm³/mol. The van der Waals surface area contributed by atoms with Crippen LogP contribution in [0.1, 0.15) is 17.5 Å². The number of carbonyl (C=O) groups excluding carboxylic acids is 1. The molecule has 1 aromatic heterocycles. The maximum Gasteiger partial charge on any atom is 0.227 e. The van der Waals surface area contributed by atoms with Gasteiger partial charge in [0, 0.05) is 32.3 Å². The van der Waals surface area contributed by atoms with Crippen molar-refractivity contribution in [1.82, 2.24) is 4.98 Å². The van der Waals surface area contributed by atoms with Crippen LogP contribution in [0.5, 0.6) is 5.75 Å². The number of fused-ring (bicyclic) bond motifs is 1. The summed E-state index contributed by atoms with van der Waals surface area (Å²) < 4.78 is 5.19. The summed E-state index contributed by atoms with van der Waals surface area (Å²) in [5.41, 5.74) is 3.27. The SMILES string of the molecule is COc1ccc(CCC(=O)N2CCN(Cc3ccccc3)c3ncccc32)cc1. The molecule has 5 nitrogen and oxygen atoms in total. The first-order chi connectivity index (χ1) is 14.2. The van der Waals surface area contributed by atoms with Gasteiger partial charge in [0.2, 0.25) is 5.91 Å². The molecule has 1 aliphatic heterocycles. The lowest BCUT2D eigenvalue weighted by Gasteiger charge is -2.36. The van der Waals surface area contributed by atoms with E-state index in [-0.39, 0.29) is 5.91 Å². The Labute approximate surface area is 171 Å². The number of ether oxygens (including phenoxy) is 1. The highest BCUT2D eigenvalue weighted by Gasteiger charge is 2.27. The number of pyridine rings is 1. The summed E-state index contributed by atoms with van der Waals surface area (Å²) in [4.78, 5) is 21.7. The Hall–Kier alpha value is -3.34. The molecule has 0 unspecified atom stereocenters. The molecule has 0 fully saturated rings. The molecule has 0 radical (unpaired) electrons. The van der Waals surface area contributed by atoms with Crippen molar-refractivity contribution in [1.29, 1.82) is 0 Å². The van der Waals surface area contributed by atoms with E-state index < -0.39 is 0 Å². The number of nitrogens with zero attached hydrogens (tertiary/aromatic N) is 3. The van der Waals surface area contributed by atoms with Crippen molar-refractivity contribution in [3.8, 4) is 5.75 Å². The Morgan fingerprint density at radius 1 is 0.966 bits per heavy atom. The summed E-state index contributed by atoms with van der Waals surface area (Å²) in [7, 11) is 1.65. The first-order valence-electron chi connectivity index (χ1n) is 9.92. The van der Waals surface area contributed by atoms with Crippen LogP contribution in [0.15, 0.2) is 72.9 Å². The van der Waals surface area contributed by atoms with Gasteiger partial charge in [-0.05, 0) is 41.8 Å². The second-order valence-corrected chi connectivity index (χ2v) is 7.15. The molecule has 148 valence electrons. The number of hydrogen-bond acceptors (Lipinski definition) is 4. The van der Waals surface area contributed by atoms with E-state index >= 15 is 0 Å². The number of aromatic nitrogens is 1. The predicted octanol–water partition coefficient (Wildman–Crippen LogP) is 4.08. The molecule has 2 aromatic carbocycles. The van der Waals surface area contributed by atoms with Gasteiger partial charge in [-0.2, -0.15) is 0 Å². The molecule has 0 saturated carbocycles. The molecule has 0 aliphatic carbocycles. The van der Waals surface area contributed by atoms with Crippen LogP contribution in [-0.4, -0.2) is 31.1 Å². The van der Waals surface area contributed by atoms with Crippen molar-refractivity contribution in [3.05, 3.63) is 84.1 Å². The van der Waals surface area contributed by atoms with Crippen LogP contribution in [-0.2, 0) is 17.8 Å². The minimum absolute atomic E-state index is 0.134. The molecule has 0 N–H and O–H groups in total. The maximum atomic E-state index is 13.0. The Kier molecular flexibility index (Phi) is 5.75. The maximum absolute atomic E-state index is 13.0. The lowest BCUT2D eigenvalue weighted by Crippen LogP contribution is -2.44. The highest BCUT2D eigenvalue weighted by Crippen LogP contribution is 2.32. The fraction of sp³-hybridized carbons (Fsp3) is 0.250. The fourth-order valence-corrected chi connectivity index (χ4v) is 3.69. The van der Waals surface area contributed by atoms with Crippen molar-refractivity contribution < 1.29 is 9.53 Å². The fourth-order valence-electron chi connectivity index (χ4n) is 3.69. The zero-order valence-corrected chi connectivity index (χ0v) is 16.6. The van der Waals surface area contributed by atoms with Gasteiger partial charge < -0.3 is 14.5 Å². The molecule has 2 heterocycles.